The molecule has 3 aromatic rings. The van der Waals surface area contributed by atoms with Gasteiger partial charge in [0, 0.05) is 11.4 Å². The quantitative estimate of drug-likeness (QED) is 0.527. The van der Waals surface area contributed by atoms with E-state index in [0.29, 0.717) is 35.0 Å². The second kappa shape index (κ2) is 9.17. The Bertz CT molecular complexity index is 996. The molecule has 0 saturated heterocycles. The third kappa shape index (κ3) is 5.00. The van der Waals surface area contributed by atoms with Crippen LogP contribution in [0.3, 0.4) is 0 Å². The minimum atomic E-state index is -0.342. The van der Waals surface area contributed by atoms with Crippen molar-refractivity contribution >= 4 is 23.3 Å². The molecule has 0 bridgehead atoms. The molecule has 0 atom stereocenters. The number of ether oxygens (including phenoxy) is 1. The molecule has 1 aliphatic carbocycles. The van der Waals surface area contributed by atoms with Crippen molar-refractivity contribution in [3.8, 4) is 5.75 Å². The van der Waals surface area contributed by atoms with E-state index < -0.39 is 0 Å². The topological polar surface area (TPSA) is 92.6 Å². The van der Waals surface area contributed by atoms with Gasteiger partial charge in [-0.1, -0.05) is 12.1 Å². The number of anilines is 2. The molecule has 7 heteroatoms. The van der Waals surface area contributed by atoms with Gasteiger partial charge in [-0.05, 0) is 67.8 Å². The molecule has 1 saturated carbocycles. The predicted molar refractivity (Wildman–Crippen MR) is 114 cm³/mol. The van der Waals surface area contributed by atoms with Crippen molar-refractivity contribution in [2.75, 3.05) is 10.6 Å². The lowest BCUT2D eigenvalue weighted by Crippen LogP contribution is -2.28. The fourth-order valence-electron chi connectivity index (χ4n) is 3.02. The van der Waals surface area contributed by atoms with Gasteiger partial charge in [-0.2, -0.15) is 0 Å². The van der Waals surface area contributed by atoms with Crippen LogP contribution in [0.1, 0.15) is 35.4 Å². The Kier molecular flexibility index (Phi) is 5.98. The van der Waals surface area contributed by atoms with Gasteiger partial charge in [-0.15, -0.1) is 0 Å². The zero-order valence-corrected chi connectivity index (χ0v) is 16.4. The van der Waals surface area contributed by atoms with E-state index in [1.54, 1.807) is 48.7 Å². The number of nitrogens with one attached hydrogen (secondary N) is 3. The maximum absolute atomic E-state index is 12.7. The average Bonchev–Trinajstić information content (AvgIpc) is 3.25. The summed E-state index contributed by atoms with van der Waals surface area (Å²) in [6, 6.07) is 17.4. The van der Waals surface area contributed by atoms with Gasteiger partial charge < -0.3 is 25.1 Å². The van der Waals surface area contributed by atoms with Crippen LogP contribution in [0, 0.1) is 0 Å². The Morgan fingerprint density at radius 3 is 2.33 bits per heavy atom. The zero-order valence-electron chi connectivity index (χ0n) is 16.4. The first-order chi connectivity index (χ1) is 14.7. The van der Waals surface area contributed by atoms with Crippen molar-refractivity contribution in [1.29, 1.82) is 0 Å². The van der Waals surface area contributed by atoms with Gasteiger partial charge in [0.05, 0.1) is 24.5 Å². The maximum atomic E-state index is 12.7. The zero-order chi connectivity index (χ0) is 20.8. The summed E-state index contributed by atoms with van der Waals surface area (Å²) < 4.78 is 11.1. The number of hydrogen-bond acceptors (Lipinski definition) is 4. The van der Waals surface area contributed by atoms with Gasteiger partial charge in [0.25, 0.3) is 5.91 Å². The third-order valence-electron chi connectivity index (χ3n) is 4.88. The predicted octanol–water partition coefficient (Wildman–Crippen LogP) is 4.78. The van der Waals surface area contributed by atoms with Gasteiger partial charge in [-0.25, -0.2) is 4.79 Å². The molecule has 0 aliphatic heterocycles. The second-order valence-electron chi connectivity index (χ2n) is 7.09. The SMILES string of the molecule is O=C(NCc1ccco1)Nc1ccc(NC(=O)c2ccccc2OC2CCC2)cc1. The molecule has 1 fully saturated rings. The van der Waals surface area contributed by atoms with E-state index in [2.05, 4.69) is 16.0 Å². The van der Waals surface area contributed by atoms with E-state index in [4.69, 9.17) is 9.15 Å². The third-order valence-corrected chi connectivity index (χ3v) is 4.88. The highest BCUT2D eigenvalue weighted by Crippen LogP contribution is 2.28. The molecule has 154 valence electrons. The van der Waals surface area contributed by atoms with Crippen LogP contribution in [-0.4, -0.2) is 18.0 Å². The maximum Gasteiger partial charge on any atom is 0.319 e. The summed E-state index contributed by atoms with van der Waals surface area (Å²) in [6.07, 6.45) is 4.97. The number of carbonyl (C=O) groups excluding carboxylic acids is 2. The number of benzene rings is 2. The first-order valence-corrected chi connectivity index (χ1v) is 9.92. The summed E-state index contributed by atoms with van der Waals surface area (Å²) in [6.45, 7) is 0.301. The minimum absolute atomic E-state index is 0.197. The average molecular weight is 405 g/mol. The van der Waals surface area contributed by atoms with Crippen LogP contribution >= 0.6 is 0 Å². The number of para-hydroxylation sites is 1. The molecule has 3 N–H and O–H groups in total. The van der Waals surface area contributed by atoms with Crippen LogP contribution in [0.2, 0.25) is 0 Å². The molecule has 7 nitrogen and oxygen atoms in total. The Morgan fingerprint density at radius 1 is 0.933 bits per heavy atom. The normalized spacial score (nSPS) is 13.2. The highest BCUT2D eigenvalue weighted by Gasteiger charge is 2.21. The molecule has 1 heterocycles. The molecule has 4 rings (SSSR count). The van der Waals surface area contributed by atoms with Crippen LogP contribution in [0.4, 0.5) is 16.2 Å². The number of urea groups is 1. The molecule has 0 unspecified atom stereocenters. The van der Waals surface area contributed by atoms with Crippen molar-refractivity contribution in [1.82, 2.24) is 5.32 Å². The van der Waals surface area contributed by atoms with Crippen molar-refractivity contribution in [3.63, 3.8) is 0 Å². The smallest absolute Gasteiger partial charge is 0.319 e. The van der Waals surface area contributed by atoms with E-state index in [1.807, 2.05) is 18.2 Å². The number of rotatable bonds is 7. The first-order valence-electron chi connectivity index (χ1n) is 9.92. The Morgan fingerprint density at radius 2 is 1.67 bits per heavy atom. The number of hydrogen-bond donors (Lipinski definition) is 3. The van der Waals surface area contributed by atoms with E-state index in [-0.39, 0.29) is 18.0 Å². The first kappa shape index (κ1) is 19.6. The van der Waals surface area contributed by atoms with Crippen LogP contribution in [0.15, 0.2) is 71.3 Å². The summed E-state index contributed by atoms with van der Waals surface area (Å²) >= 11 is 0. The fourth-order valence-corrected chi connectivity index (χ4v) is 3.02. The van der Waals surface area contributed by atoms with E-state index in [0.717, 1.165) is 12.8 Å². The van der Waals surface area contributed by atoms with Crippen LogP contribution in [-0.2, 0) is 6.54 Å². The van der Waals surface area contributed by atoms with E-state index in [9.17, 15) is 9.59 Å². The highest BCUT2D eigenvalue weighted by molar-refractivity contribution is 6.06. The Labute approximate surface area is 174 Å². The number of furan rings is 1. The molecule has 1 aromatic heterocycles. The lowest BCUT2D eigenvalue weighted by atomic mass is 9.96. The lowest BCUT2D eigenvalue weighted by molar-refractivity contribution is 0.0992. The molecule has 1 aliphatic rings. The second-order valence-corrected chi connectivity index (χ2v) is 7.09. The van der Waals surface area contributed by atoms with Crippen LogP contribution < -0.4 is 20.7 Å². The summed E-state index contributed by atoms with van der Waals surface area (Å²) in [5.74, 6) is 1.04. The molecule has 3 amide bonds. The van der Waals surface area contributed by atoms with Gasteiger partial charge in [0.1, 0.15) is 11.5 Å². The van der Waals surface area contributed by atoms with E-state index >= 15 is 0 Å². The molecule has 0 spiro atoms. The Hall–Kier alpha value is -3.74. The minimum Gasteiger partial charge on any atom is -0.490 e. The van der Waals surface area contributed by atoms with E-state index in [1.165, 1.54) is 6.42 Å². The van der Waals surface area contributed by atoms with Crippen molar-refractivity contribution in [3.05, 3.63) is 78.3 Å². The number of carbonyl (C=O) groups is 2. The molecule has 30 heavy (non-hydrogen) atoms. The molecule has 0 radical (unpaired) electrons. The van der Waals surface area contributed by atoms with Crippen molar-refractivity contribution in [2.24, 2.45) is 0 Å². The largest absolute Gasteiger partial charge is 0.490 e. The van der Waals surface area contributed by atoms with Gasteiger partial charge >= 0.3 is 6.03 Å². The van der Waals surface area contributed by atoms with Gasteiger partial charge in [0.15, 0.2) is 0 Å². The molecule has 2 aromatic carbocycles. The molecular formula is C23H23N3O4. The van der Waals surface area contributed by atoms with Gasteiger partial charge in [-0.3, -0.25) is 4.79 Å². The summed E-state index contributed by atoms with van der Waals surface area (Å²) in [5, 5.41) is 8.31. The molecular weight excluding hydrogens is 382 g/mol. The summed E-state index contributed by atoms with van der Waals surface area (Å²) in [4.78, 5) is 24.7. The van der Waals surface area contributed by atoms with Crippen LogP contribution in [0.25, 0.3) is 0 Å². The summed E-state index contributed by atoms with van der Waals surface area (Å²) in [5.41, 5.74) is 1.74. The summed E-state index contributed by atoms with van der Waals surface area (Å²) in [7, 11) is 0. The lowest BCUT2D eigenvalue weighted by Gasteiger charge is -2.27. The fraction of sp³-hybridized carbons (Fsp3) is 0.217. The number of amides is 3. The van der Waals surface area contributed by atoms with Crippen molar-refractivity contribution in [2.45, 2.75) is 31.9 Å². The van der Waals surface area contributed by atoms with Crippen molar-refractivity contribution < 1.29 is 18.7 Å². The van der Waals surface area contributed by atoms with Gasteiger partial charge in [0.2, 0.25) is 0 Å². The highest BCUT2D eigenvalue weighted by atomic mass is 16.5. The van der Waals surface area contributed by atoms with Crippen LogP contribution in [0.5, 0.6) is 5.75 Å². The monoisotopic (exact) mass is 405 g/mol. The standard InChI is InChI=1S/C23H23N3O4/c27-22(20-8-1-2-9-21(20)30-18-5-3-6-18)25-16-10-12-17(13-11-16)26-23(28)24-15-19-7-4-14-29-19/h1-2,4,7-14,18H,3,5-6,15H2,(H,25,27)(H2,24,26,28). The Balaban J connectivity index is 1.32.